The highest BCUT2D eigenvalue weighted by Crippen LogP contribution is 2.34. The molecule has 0 spiro atoms. The van der Waals surface area contributed by atoms with Crippen molar-refractivity contribution in [1.82, 2.24) is 5.43 Å². The lowest BCUT2D eigenvalue weighted by Crippen LogP contribution is -2.18. The minimum atomic E-state index is -4.17. The topological polar surface area (TPSA) is 103 Å². The minimum Gasteiger partial charge on any atom is -0.493 e. The zero-order valence-electron chi connectivity index (χ0n) is 19.1. The Morgan fingerprint density at radius 2 is 1.81 bits per heavy atom. The summed E-state index contributed by atoms with van der Waals surface area (Å²) >= 11 is 12.5. The lowest BCUT2D eigenvalue weighted by atomic mass is 10.2. The Balaban J connectivity index is 1.81. The predicted octanol–water partition coefficient (Wildman–Crippen LogP) is 6.19. The van der Waals surface area contributed by atoms with Crippen LogP contribution < -0.4 is 19.1 Å². The summed E-state index contributed by atoms with van der Waals surface area (Å²) in [4.78, 5) is 12.5. The second kappa shape index (κ2) is 12.6. The molecule has 8 nitrogen and oxygen atoms in total. The third-order valence-corrected chi connectivity index (χ3v) is 7.12. The molecule has 190 valence electrons. The Bertz CT molecular complexity index is 1380. The standard InChI is InChI=1S/C24H21Br2ClN2O6S/c1-3-10-34-21-9-4-15(12-22(21)33-2)24(30)29-28-14-16-11-17(25)13-20(26)23(16)35-36(31,32)19-7-5-18(27)6-8-19/h4-9,11-14H,3,10H2,1-2H3,(H,29,30)/b28-14+. The molecule has 3 rings (SSSR count). The predicted molar refractivity (Wildman–Crippen MR) is 145 cm³/mol. The SMILES string of the molecule is CCCOc1ccc(C(=O)N/N=C/c2cc(Br)cc(Br)c2OS(=O)(=O)c2ccc(Cl)cc2)cc1OC. The third-order valence-electron chi connectivity index (χ3n) is 4.59. The molecule has 1 N–H and O–H groups in total. The first-order valence-electron chi connectivity index (χ1n) is 10.5. The number of carbonyl (C=O) groups is 1. The minimum absolute atomic E-state index is 0.00903. The average Bonchev–Trinajstić information content (AvgIpc) is 2.84. The number of benzene rings is 3. The van der Waals surface area contributed by atoms with E-state index in [0.29, 0.717) is 37.6 Å². The number of ether oxygens (including phenoxy) is 2. The van der Waals surface area contributed by atoms with E-state index >= 15 is 0 Å². The fraction of sp³-hybridized carbons (Fsp3) is 0.167. The molecule has 1 amide bonds. The van der Waals surface area contributed by atoms with Gasteiger partial charge in [0.05, 0.1) is 24.4 Å². The van der Waals surface area contributed by atoms with Gasteiger partial charge >= 0.3 is 10.1 Å². The van der Waals surface area contributed by atoms with Crippen molar-refractivity contribution < 1.29 is 26.9 Å². The number of methoxy groups -OCH3 is 1. The van der Waals surface area contributed by atoms with Crippen LogP contribution in [0.2, 0.25) is 5.02 Å². The number of halogens is 3. The van der Waals surface area contributed by atoms with E-state index in [-0.39, 0.29) is 16.2 Å². The van der Waals surface area contributed by atoms with E-state index in [2.05, 4.69) is 42.4 Å². The van der Waals surface area contributed by atoms with Crippen molar-refractivity contribution in [2.24, 2.45) is 5.10 Å². The lowest BCUT2D eigenvalue weighted by molar-refractivity contribution is 0.0954. The number of amides is 1. The van der Waals surface area contributed by atoms with E-state index in [1.165, 1.54) is 37.6 Å². The second-order valence-electron chi connectivity index (χ2n) is 7.21. The monoisotopic (exact) mass is 658 g/mol. The van der Waals surface area contributed by atoms with Crippen molar-refractivity contribution in [3.8, 4) is 17.2 Å². The summed E-state index contributed by atoms with van der Waals surface area (Å²) in [5, 5.41) is 4.36. The Morgan fingerprint density at radius 1 is 1.08 bits per heavy atom. The van der Waals surface area contributed by atoms with Crippen molar-refractivity contribution >= 4 is 65.7 Å². The van der Waals surface area contributed by atoms with Gasteiger partial charge in [0.25, 0.3) is 5.91 Å². The van der Waals surface area contributed by atoms with Gasteiger partial charge in [0.2, 0.25) is 0 Å². The smallest absolute Gasteiger partial charge is 0.339 e. The Labute approximate surface area is 231 Å². The number of nitrogens with one attached hydrogen (secondary N) is 1. The Hall–Kier alpha value is -2.60. The first-order valence-corrected chi connectivity index (χ1v) is 13.8. The van der Waals surface area contributed by atoms with Gasteiger partial charge in [-0.2, -0.15) is 13.5 Å². The van der Waals surface area contributed by atoms with E-state index in [9.17, 15) is 13.2 Å². The molecule has 0 fully saturated rings. The van der Waals surface area contributed by atoms with Crippen molar-refractivity contribution in [1.29, 1.82) is 0 Å². The van der Waals surface area contributed by atoms with Crippen LogP contribution in [0.5, 0.6) is 17.2 Å². The van der Waals surface area contributed by atoms with Crippen LogP contribution >= 0.6 is 43.5 Å². The molecule has 36 heavy (non-hydrogen) atoms. The van der Waals surface area contributed by atoms with Gasteiger partial charge < -0.3 is 13.7 Å². The van der Waals surface area contributed by atoms with Gasteiger partial charge in [0, 0.05) is 20.6 Å². The van der Waals surface area contributed by atoms with Crippen LogP contribution in [0.15, 0.2) is 73.5 Å². The summed E-state index contributed by atoms with van der Waals surface area (Å²) in [5.41, 5.74) is 3.00. The molecule has 0 aliphatic heterocycles. The molecule has 12 heteroatoms. The summed E-state index contributed by atoms with van der Waals surface area (Å²) in [7, 11) is -2.68. The van der Waals surface area contributed by atoms with Crippen molar-refractivity contribution in [3.05, 3.63) is 79.7 Å². The molecule has 0 radical (unpaired) electrons. The highest BCUT2D eigenvalue weighted by Gasteiger charge is 2.21. The van der Waals surface area contributed by atoms with E-state index in [0.717, 1.165) is 6.42 Å². The number of nitrogens with zero attached hydrogens (tertiary/aromatic N) is 1. The molecule has 0 atom stereocenters. The molecule has 3 aromatic rings. The summed E-state index contributed by atoms with van der Waals surface area (Å²) in [6.45, 7) is 2.51. The van der Waals surface area contributed by atoms with Crippen LogP contribution in [0, 0.1) is 0 Å². The van der Waals surface area contributed by atoms with Crippen molar-refractivity contribution in [2.45, 2.75) is 18.2 Å². The molecule has 0 heterocycles. The van der Waals surface area contributed by atoms with Crippen LogP contribution in [-0.2, 0) is 10.1 Å². The van der Waals surface area contributed by atoms with Crippen LogP contribution in [0.3, 0.4) is 0 Å². The van der Waals surface area contributed by atoms with Gasteiger partial charge in [-0.15, -0.1) is 0 Å². The summed E-state index contributed by atoms with van der Waals surface area (Å²) in [5.74, 6) is 0.434. The molecule has 0 unspecified atom stereocenters. The lowest BCUT2D eigenvalue weighted by Gasteiger charge is -2.12. The molecule has 0 bridgehead atoms. The van der Waals surface area contributed by atoms with Crippen LogP contribution in [-0.4, -0.2) is 34.3 Å². The number of hydrogen-bond donors (Lipinski definition) is 1. The molecule has 0 aliphatic rings. The fourth-order valence-corrected chi connectivity index (χ4v) is 5.43. The maximum atomic E-state index is 12.8. The number of rotatable bonds is 10. The number of carbonyl (C=O) groups excluding carboxylic acids is 1. The zero-order valence-corrected chi connectivity index (χ0v) is 23.9. The quantitative estimate of drug-likeness (QED) is 0.158. The molecule has 3 aromatic carbocycles. The third kappa shape index (κ3) is 7.22. The van der Waals surface area contributed by atoms with E-state index in [1.807, 2.05) is 6.92 Å². The van der Waals surface area contributed by atoms with Gasteiger partial charge in [-0.3, -0.25) is 4.79 Å². The van der Waals surface area contributed by atoms with Gasteiger partial charge in [0.1, 0.15) is 4.90 Å². The molecule has 0 saturated carbocycles. The number of hydrogen-bond acceptors (Lipinski definition) is 7. The molecular weight excluding hydrogens is 640 g/mol. The summed E-state index contributed by atoms with van der Waals surface area (Å²) in [6.07, 6.45) is 2.11. The Kier molecular flexibility index (Phi) is 9.77. The largest absolute Gasteiger partial charge is 0.493 e. The average molecular weight is 661 g/mol. The molecule has 0 saturated heterocycles. The Morgan fingerprint density at radius 3 is 2.47 bits per heavy atom. The summed E-state index contributed by atoms with van der Waals surface area (Å²) < 4.78 is 42.9. The van der Waals surface area contributed by atoms with Crippen molar-refractivity contribution in [3.63, 3.8) is 0 Å². The van der Waals surface area contributed by atoms with Gasteiger partial charge in [-0.25, -0.2) is 5.43 Å². The zero-order chi connectivity index (χ0) is 26.3. The van der Waals surface area contributed by atoms with Gasteiger partial charge in [-0.05, 0) is 76.9 Å². The van der Waals surface area contributed by atoms with E-state index in [4.69, 9.17) is 25.3 Å². The van der Waals surface area contributed by atoms with Crippen LogP contribution in [0.25, 0.3) is 0 Å². The van der Waals surface area contributed by atoms with E-state index < -0.39 is 16.0 Å². The van der Waals surface area contributed by atoms with Crippen LogP contribution in [0.4, 0.5) is 0 Å². The van der Waals surface area contributed by atoms with Gasteiger partial charge in [-0.1, -0.05) is 34.5 Å². The fourth-order valence-electron chi connectivity index (χ4n) is 2.89. The first kappa shape index (κ1) is 28.0. The van der Waals surface area contributed by atoms with E-state index in [1.54, 1.807) is 30.3 Å². The highest BCUT2D eigenvalue weighted by molar-refractivity contribution is 9.11. The van der Waals surface area contributed by atoms with Gasteiger partial charge in [0.15, 0.2) is 17.2 Å². The maximum Gasteiger partial charge on any atom is 0.339 e. The first-order chi connectivity index (χ1) is 17.1. The molecule has 0 aromatic heterocycles. The van der Waals surface area contributed by atoms with Crippen molar-refractivity contribution in [2.75, 3.05) is 13.7 Å². The maximum absolute atomic E-state index is 12.8. The number of hydrazone groups is 1. The molecule has 0 aliphatic carbocycles. The second-order valence-corrected chi connectivity index (χ2v) is 11.0. The summed E-state index contributed by atoms with van der Waals surface area (Å²) in [6, 6.07) is 13.6. The molecular formula is C24H21Br2ClN2O6S. The van der Waals surface area contributed by atoms with Crippen LogP contribution in [0.1, 0.15) is 29.3 Å². The highest BCUT2D eigenvalue weighted by atomic mass is 79.9. The normalized spacial score (nSPS) is 11.4.